The number of halogens is 3. The van der Waals surface area contributed by atoms with Crippen molar-refractivity contribution in [1.82, 2.24) is 10.2 Å². The number of fused-ring (bicyclic) bond motifs is 1. The van der Waals surface area contributed by atoms with E-state index in [-0.39, 0.29) is 18.6 Å². The largest absolute Gasteiger partial charge is 0.457 e. The first-order chi connectivity index (χ1) is 15.7. The maximum absolute atomic E-state index is 12.8. The van der Waals surface area contributed by atoms with Crippen LogP contribution in [0.15, 0.2) is 60.7 Å². The molecule has 1 heterocycles. The lowest BCUT2D eigenvalue weighted by molar-refractivity contribution is -0.137. The molecule has 8 heteroatoms. The molecular weight excluding hydrogens is 433 g/mol. The number of β-amino-alcohol motifs (C(OH)–C–C–N with tert-alkyl or cyclic N) is 1. The Morgan fingerprint density at radius 1 is 1.15 bits per heavy atom. The van der Waals surface area contributed by atoms with Gasteiger partial charge >= 0.3 is 6.18 Å². The van der Waals surface area contributed by atoms with Crippen LogP contribution >= 0.6 is 0 Å². The summed E-state index contributed by atoms with van der Waals surface area (Å²) in [5.41, 5.74) is -0.215. The van der Waals surface area contributed by atoms with Crippen molar-refractivity contribution in [2.75, 3.05) is 26.2 Å². The van der Waals surface area contributed by atoms with Crippen LogP contribution in [0.2, 0.25) is 0 Å². The number of carbonyl (C=O) groups excluding carboxylic acids is 1. The van der Waals surface area contributed by atoms with Crippen molar-refractivity contribution in [3.05, 3.63) is 71.8 Å². The summed E-state index contributed by atoms with van der Waals surface area (Å²) in [6, 6.07) is 15.2. The fourth-order valence-corrected chi connectivity index (χ4v) is 3.98. The minimum Gasteiger partial charge on any atom is -0.457 e. The second-order valence-electron chi connectivity index (χ2n) is 8.32. The summed E-state index contributed by atoms with van der Waals surface area (Å²) in [6.07, 6.45) is -4.40. The van der Waals surface area contributed by atoms with E-state index in [2.05, 4.69) is 10.2 Å². The lowest BCUT2D eigenvalue weighted by Gasteiger charge is -2.42. The summed E-state index contributed by atoms with van der Waals surface area (Å²) in [5, 5.41) is 13.6. The lowest BCUT2D eigenvalue weighted by atomic mass is 9.92. The van der Waals surface area contributed by atoms with E-state index in [0.717, 1.165) is 36.0 Å². The summed E-state index contributed by atoms with van der Waals surface area (Å²) in [6.45, 7) is 4.47. The minimum absolute atomic E-state index is 0.0116. The monoisotopic (exact) mass is 458 g/mol. The smallest absolute Gasteiger partial charge is 0.416 e. The molecule has 0 aliphatic carbocycles. The highest BCUT2D eigenvalue weighted by atomic mass is 19.4. The number of nitrogens with one attached hydrogen (secondary N) is 1. The quantitative estimate of drug-likeness (QED) is 0.539. The molecule has 33 heavy (non-hydrogen) atoms. The van der Waals surface area contributed by atoms with Gasteiger partial charge in [0.2, 0.25) is 0 Å². The van der Waals surface area contributed by atoms with Crippen molar-refractivity contribution < 1.29 is 27.8 Å². The van der Waals surface area contributed by atoms with Crippen LogP contribution in [0.5, 0.6) is 11.5 Å². The highest BCUT2D eigenvalue weighted by molar-refractivity contribution is 6.00. The zero-order chi connectivity index (χ0) is 23.6. The Hall–Kier alpha value is -3.10. The zero-order valence-corrected chi connectivity index (χ0v) is 18.1. The van der Waals surface area contributed by atoms with Gasteiger partial charge < -0.3 is 20.1 Å². The van der Waals surface area contributed by atoms with E-state index in [0.29, 0.717) is 29.5 Å². The van der Waals surface area contributed by atoms with Gasteiger partial charge in [-0.05, 0) is 60.8 Å². The molecule has 1 amide bonds. The standard InChI is InChI=1S/C25H25F3N2O3/c1-16(19-14-30(15-19)11-12-31)29-24(32)18-5-10-22-17(13-18)3-2-4-23(22)33-21-8-6-20(7-9-21)25(26,27)28/h2-10,13,16,19,31H,11-12,14-15H2,1H3,(H,29,32)/t16-/m0/s1. The van der Waals surface area contributed by atoms with Gasteiger partial charge in [-0.3, -0.25) is 4.79 Å². The first-order valence-corrected chi connectivity index (χ1v) is 10.8. The van der Waals surface area contributed by atoms with Crippen LogP contribution in [-0.2, 0) is 6.18 Å². The molecule has 3 aromatic rings. The lowest BCUT2D eigenvalue weighted by Crippen LogP contribution is -2.56. The van der Waals surface area contributed by atoms with Gasteiger partial charge in [0.25, 0.3) is 5.91 Å². The molecule has 1 aliphatic rings. The third-order valence-corrected chi connectivity index (χ3v) is 5.98. The Labute approximate surface area is 189 Å². The molecule has 0 bridgehead atoms. The predicted molar refractivity (Wildman–Crippen MR) is 119 cm³/mol. The first kappa shape index (κ1) is 23.1. The second-order valence-corrected chi connectivity index (χ2v) is 8.32. The van der Waals surface area contributed by atoms with Gasteiger partial charge in [-0.2, -0.15) is 13.2 Å². The van der Waals surface area contributed by atoms with Crippen LogP contribution in [-0.4, -0.2) is 48.2 Å². The Balaban J connectivity index is 1.45. The highest BCUT2D eigenvalue weighted by Crippen LogP contribution is 2.34. The number of amides is 1. The maximum atomic E-state index is 12.8. The molecule has 1 fully saturated rings. The number of aliphatic hydroxyl groups excluding tert-OH is 1. The second kappa shape index (κ2) is 9.41. The number of aliphatic hydroxyl groups is 1. The van der Waals surface area contributed by atoms with Crippen molar-refractivity contribution in [1.29, 1.82) is 0 Å². The number of alkyl halides is 3. The van der Waals surface area contributed by atoms with Gasteiger partial charge in [0.05, 0.1) is 12.2 Å². The highest BCUT2D eigenvalue weighted by Gasteiger charge is 2.31. The predicted octanol–water partition coefficient (Wildman–Crippen LogP) is 4.69. The number of nitrogens with zero attached hydrogens (tertiary/aromatic N) is 1. The molecule has 1 atom stereocenters. The number of carbonyl (C=O) groups is 1. The number of likely N-dealkylation sites (tertiary alicyclic amines) is 1. The molecule has 0 aromatic heterocycles. The molecule has 1 saturated heterocycles. The van der Waals surface area contributed by atoms with Crippen molar-refractivity contribution in [2.24, 2.45) is 5.92 Å². The van der Waals surface area contributed by atoms with Crippen molar-refractivity contribution >= 4 is 16.7 Å². The number of rotatable bonds is 7. The van der Waals surface area contributed by atoms with E-state index in [1.165, 1.54) is 12.1 Å². The van der Waals surface area contributed by atoms with Crippen molar-refractivity contribution in [2.45, 2.75) is 19.1 Å². The van der Waals surface area contributed by atoms with Crippen LogP contribution in [0.3, 0.4) is 0 Å². The Morgan fingerprint density at radius 3 is 2.55 bits per heavy atom. The SMILES string of the molecule is C[C@H](NC(=O)c1ccc2c(Oc3ccc(C(F)(F)F)cc3)cccc2c1)C1CN(CCO)C1. The van der Waals surface area contributed by atoms with E-state index in [4.69, 9.17) is 9.84 Å². The van der Waals surface area contributed by atoms with E-state index in [9.17, 15) is 18.0 Å². The molecular formula is C25H25F3N2O3. The number of ether oxygens (including phenoxy) is 1. The molecule has 1 aliphatic heterocycles. The van der Waals surface area contributed by atoms with Crippen LogP contribution in [0, 0.1) is 5.92 Å². The molecule has 174 valence electrons. The Bertz CT molecular complexity index is 1130. The van der Waals surface area contributed by atoms with E-state index < -0.39 is 11.7 Å². The third-order valence-electron chi connectivity index (χ3n) is 5.98. The van der Waals surface area contributed by atoms with Crippen LogP contribution in [0.4, 0.5) is 13.2 Å². The molecule has 2 N–H and O–H groups in total. The minimum atomic E-state index is -4.40. The maximum Gasteiger partial charge on any atom is 0.416 e. The molecule has 0 radical (unpaired) electrons. The van der Waals surface area contributed by atoms with Gasteiger partial charge in [0, 0.05) is 42.5 Å². The number of benzene rings is 3. The molecule has 0 unspecified atom stereocenters. The average Bonchev–Trinajstić information content (AvgIpc) is 2.75. The van der Waals surface area contributed by atoms with Crippen LogP contribution in [0.1, 0.15) is 22.8 Å². The molecule has 0 saturated carbocycles. The van der Waals surface area contributed by atoms with E-state index in [1.54, 1.807) is 30.3 Å². The van der Waals surface area contributed by atoms with E-state index >= 15 is 0 Å². The Morgan fingerprint density at radius 2 is 1.88 bits per heavy atom. The third kappa shape index (κ3) is 5.29. The Kier molecular flexibility index (Phi) is 6.58. The van der Waals surface area contributed by atoms with Gasteiger partial charge in [-0.1, -0.05) is 12.1 Å². The van der Waals surface area contributed by atoms with Gasteiger partial charge in [0.1, 0.15) is 11.5 Å². The van der Waals surface area contributed by atoms with Gasteiger partial charge in [-0.15, -0.1) is 0 Å². The number of hydrogen-bond donors (Lipinski definition) is 2. The fraction of sp³-hybridized carbons (Fsp3) is 0.320. The van der Waals surface area contributed by atoms with Crippen LogP contribution in [0.25, 0.3) is 10.8 Å². The molecule has 4 rings (SSSR count). The first-order valence-electron chi connectivity index (χ1n) is 10.8. The van der Waals surface area contributed by atoms with Gasteiger partial charge in [-0.25, -0.2) is 0 Å². The average molecular weight is 458 g/mol. The summed E-state index contributed by atoms with van der Waals surface area (Å²) in [4.78, 5) is 14.9. The summed E-state index contributed by atoms with van der Waals surface area (Å²) < 4.78 is 44.1. The fourth-order valence-electron chi connectivity index (χ4n) is 3.98. The topological polar surface area (TPSA) is 61.8 Å². The normalized spacial score (nSPS) is 15.8. The van der Waals surface area contributed by atoms with Crippen LogP contribution < -0.4 is 10.1 Å². The van der Waals surface area contributed by atoms with E-state index in [1.807, 2.05) is 13.0 Å². The summed E-state index contributed by atoms with van der Waals surface area (Å²) in [5.74, 6) is 0.969. The van der Waals surface area contributed by atoms with Crippen molar-refractivity contribution in [3.8, 4) is 11.5 Å². The summed E-state index contributed by atoms with van der Waals surface area (Å²) in [7, 11) is 0. The molecule has 3 aromatic carbocycles. The summed E-state index contributed by atoms with van der Waals surface area (Å²) >= 11 is 0. The molecule has 0 spiro atoms. The van der Waals surface area contributed by atoms with Crippen molar-refractivity contribution in [3.63, 3.8) is 0 Å². The zero-order valence-electron chi connectivity index (χ0n) is 18.1. The van der Waals surface area contributed by atoms with Gasteiger partial charge in [0.15, 0.2) is 0 Å². The number of hydrogen-bond acceptors (Lipinski definition) is 4. The molecule has 5 nitrogen and oxygen atoms in total.